The van der Waals surface area contributed by atoms with E-state index in [-0.39, 0.29) is 29.8 Å². The monoisotopic (exact) mass is 475 g/mol. The first kappa shape index (κ1) is 25.1. The van der Waals surface area contributed by atoms with Gasteiger partial charge in [-0.15, -0.1) is 5.10 Å². The highest BCUT2D eigenvalue weighted by Gasteiger charge is 2.21. The van der Waals surface area contributed by atoms with Gasteiger partial charge in [0.2, 0.25) is 5.88 Å². The maximum atomic E-state index is 14.7. The maximum Gasteiger partial charge on any atom is 0.252 e. The fourth-order valence-corrected chi connectivity index (χ4v) is 3.42. The van der Waals surface area contributed by atoms with Crippen LogP contribution in [-0.2, 0) is 16.0 Å². The molecule has 0 saturated heterocycles. The van der Waals surface area contributed by atoms with Crippen LogP contribution in [0.4, 0.5) is 21.7 Å². The third kappa shape index (κ3) is 5.53. The van der Waals surface area contributed by atoms with Gasteiger partial charge in [0.25, 0.3) is 5.91 Å². The molecule has 0 radical (unpaired) electrons. The summed E-state index contributed by atoms with van der Waals surface area (Å²) in [4.78, 5) is 16.3. The molecule has 2 heterocycles. The smallest absolute Gasteiger partial charge is 0.252 e. The number of rotatable bonds is 12. The van der Waals surface area contributed by atoms with Crippen molar-refractivity contribution in [3.8, 4) is 5.88 Å². The van der Waals surface area contributed by atoms with Crippen molar-refractivity contribution in [2.45, 2.75) is 25.6 Å². The number of anilines is 3. The average molecular weight is 476 g/mol. The molecule has 0 aliphatic heterocycles. The van der Waals surface area contributed by atoms with Gasteiger partial charge in [-0.2, -0.15) is 0 Å². The average Bonchev–Trinajstić information content (AvgIpc) is 3.15. The molecule has 2 aromatic heterocycles. The summed E-state index contributed by atoms with van der Waals surface area (Å²) in [6.45, 7) is 3.04. The number of nitrogens with one attached hydrogen (secondary N) is 2. The minimum absolute atomic E-state index is 0.0853. The predicted molar refractivity (Wildman–Crippen MR) is 127 cm³/mol. The molecule has 0 unspecified atom stereocenters. The third-order valence-electron chi connectivity index (χ3n) is 5.22. The van der Waals surface area contributed by atoms with Crippen LogP contribution in [0.2, 0.25) is 0 Å². The Hall–Kier alpha value is -3.48. The molecule has 0 bridgehead atoms. The lowest BCUT2D eigenvalue weighted by molar-refractivity contribution is 0.100. The van der Waals surface area contributed by atoms with Crippen LogP contribution < -0.4 is 26.8 Å². The molecule has 0 saturated carbocycles. The largest absolute Gasteiger partial charge is 0.479 e. The molecule has 0 aliphatic rings. The Morgan fingerprint density at radius 1 is 1.21 bits per heavy atom. The van der Waals surface area contributed by atoms with Crippen molar-refractivity contribution in [3.05, 3.63) is 35.6 Å². The number of halogens is 1. The number of amides is 1. The number of methoxy groups -OCH3 is 3. The van der Waals surface area contributed by atoms with Crippen LogP contribution >= 0.6 is 0 Å². The first-order valence-electron chi connectivity index (χ1n) is 10.6. The lowest BCUT2D eigenvalue weighted by Crippen LogP contribution is -2.41. The number of hydrogen-bond donors (Lipinski definition) is 4. The number of carbonyl (C=O) groups is 1. The van der Waals surface area contributed by atoms with Gasteiger partial charge in [0.05, 0.1) is 49.4 Å². The predicted octanol–water partition coefficient (Wildman–Crippen LogP) is 1.84. The summed E-state index contributed by atoms with van der Waals surface area (Å²) in [7, 11) is 4.67. The summed E-state index contributed by atoms with van der Waals surface area (Å²) in [6.07, 6.45) is 0. The van der Waals surface area contributed by atoms with Gasteiger partial charge in [0.1, 0.15) is 5.82 Å². The van der Waals surface area contributed by atoms with E-state index in [9.17, 15) is 9.18 Å². The number of nitrogens with zero attached hydrogens (tertiary/aromatic N) is 3. The minimum Gasteiger partial charge on any atom is -0.479 e. The van der Waals surface area contributed by atoms with Gasteiger partial charge in [-0.3, -0.25) is 9.48 Å². The number of primary amides is 1. The summed E-state index contributed by atoms with van der Waals surface area (Å²) in [5.41, 5.74) is 12.8. The number of aromatic nitrogens is 3. The van der Waals surface area contributed by atoms with Crippen LogP contribution in [-0.4, -0.2) is 67.3 Å². The van der Waals surface area contributed by atoms with E-state index in [0.717, 1.165) is 17.0 Å². The van der Waals surface area contributed by atoms with E-state index >= 15 is 0 Å². The van der Waals surface area contributed by atoms with E-state index in [0.29, 0.717) is 24.7 Å². The summed E-state index contributed by atoms with van der Waals surface area (Å²) in [6, 6.07) is 5.71. The second kappa shape index (κ2) is 11.1. The molecule has 2 atom stereocenters. The topological polar surface area (TPSA) is 152 Å². The van der Waals surface area contributed by atoms with Gasteiger partial charge < -0.3 is 36.3 Å². The minimum atomic E-state index is -0.827. The van der Waals surface area contributed by atoms with Crippen LogP contribution in [0, 0.1) is 5.82 Å². The van der Waals surface area contributed by atoms with Crippen molar-refractivity contribution in [1.29, 1.82) is 0 Å². The van der Waals surface area contributed by atoms with Crippen molar-refractivity contribution < 1.29 is 23.4 Å². The molecule has 12 heteroatoms. The summed E-state index contributed by atoms with van der Waals surface area (Å²) >= 11 is 0. The second-order valence-electron chi connectivity index (χ2n) is 7.73. The number of nitrogens with two attached hydrogens (primary N) is 2. The zero-order valence-corrected chi connectivity index (χ0v) is 19.6. The zero-order valence-electron chi connectivity index (χ0n) is 19.6. The third-order valence-corrected chi connectivity index (χ3v) is 5.22. The van der Waals surface area contributed by atoms with Gasteiger partial charge in [0, 0.05) is 25.9 Å². The van der Waals surface area contributed by atoms with Crippen molar-refractivity contribution in [2.24, 2.45) is 11.5 Å². The second-order valence-corrected chi connectivity index (χ2v) is 7.73. The lowest BCUT2D eigenvalue weighted by Gasteiger charge is -2.23. The Morgan fingerprint density at radius 2 is 1.97 bits per heavy atom. The fraction of sp³-hybridized carbons (Fsp3) is 0.409. The summed E-state index contributed by atoms with van der Waals surface area (Å²) < 4.78 is 32.2. The van der Waals surface area contributed by atoms with Crippen LogP contribution in [0.1, 0.15) is 17.3 Å². The number of carbonyl (C=O) groups excluding carboxylic acids is 1. The van der Waals surface area contributed by atoms with E-state index in [1.54, 1.807) is 30.8 Å². The Labute approximate surface area is 196 Å². The van der Waals surface area contributed by atoms with Gasteiger partial charge in [0.15, 0.2) is 11.6 Å². The molecule has 34 heavy (non-hydrogen) atoms. The Bertz CT molecular complexity index is 1150. The maximum absolute atomic E-state index is 14.7. The van der Waals surface area contributed by atoms with E-state index in [2.05, 4.69) is 20.7 Å². The molecule has 0 spiro atoms. The highest BCUT2D eigenvalue weighted by Crippen LogP contribution is 2.30. The molecule has 3 aromatic rings. The molecule has 6 N–H and O–H groups in total. The van der Waals surface area contributed by atoms with Crippen molar-refractivity contribution >= 4 is 34.1 Å². The molecule has 1 amide bonds. The Morgan fingerprint density at radius 3 is 2.59 bits per heavy atom. The fourth-order valence-electron chi connectivity index (χ4n) is 3.42. The number of benzene rings is 1. The van der Waals surface area contributed by atoms with E-state index in [1.165, 1.54) is 14.2 Å². The van der Waals surface area contributed by atoms with Crippen LogP contribution in [0.15, 0.2) is 24.3 Å². The highest BCUT2D eigenvalue weighted by molar-refractivity contribution is 5.99. The first-order valence-corrected chi connectivity index (χ1v) is 10.6. The lowest BCUT2D eigenvalue weighted by atomic mass is 10.1. The normalized spacial score (nSPS) is 13.0. The number of hydrogen-bond acceptors (Lipinski definition) is 9. The zero-order chi connectivity index (χ0) is 24.8. The molecular weight excluding hydrogens is 445 g/mol. The molecule has 3 rings (SSSR count). The standard InChI is InChI=1S/C22H30FN7O4/c1-12(24)17(11-33-3)27-21-16(23)10-15(19(25)31)20(28-21)26-13-5-6-18-14(9-13)22(34-4)29-30(18)7-8-32-2/h5-6,9-10,12,17H,7-8,11,24H2,1-4H3,(H2,25,31)(H2,26,27,28)/t12-,17+/m0/s1. The van der Waals surface area contributed by atoms with E-state index in [1.807, 2.05) is 6.07 Å². The molecule has 0 fully saturated rings. The molecule has 184 valence electrons. The van der Waals surface area contributed by atoms with E-state index < -0.39 is 17.8 Å². The van der Waals surface area contributed by atoms with Gasteiger partial charge >= 0.3 is 0 Å². The van der Waals surface area contributed by atoms with Crippen molar-refractivity contribution in [2.75, 3.05) is 45.2 Å². The summed E-state index contributed by atoms with van der Waals surface area (Å²) in [5, 5.41) is 11.2. The highest BCUT2D eigenvalue weighted by atomic mass is 19.1. The SMILES string of the molecule is COCCn1nc(OC)c2cc(Nc3nc(N[C@H](COC)[C@H](C)N)c(F)cc3C(N)=O)ccc21. The molecular formula is C22H30FN7O4. The van der Waals surface area contributed by atoms with Gasteiger partial charge in [-0.25, -0.2) is 9.37 Å². The molecule has 11 nitrogen and oxygen atoms in total. The number of fused-ring (bicyclic) bond motifs is 1. The number of pyridine rings is 1. The summed E-state index contributed by atoms with van der Waals surface area (Å²) in [5.74, 6) is -1.14. The van der Waals surface area contributed by atoms with Gasteiger partial charge in [-0.05, 0) is 31.2 Å². The number of ether oxygens (including phenoxy) is 3. The Kier molecular flexibility index (Phi) is 8.21. The van der Waals surface area contributed by atoms with Crippen molar-refractivity contribution in [1.82, 2.24) is 14.8 Å². The van der Waals surface area contributed by atoms with E-state index in [4.69, 9.17) is 25.7 Å². The molecule has 0 aliphatic carbocycles. The van der Waals surface area contributed by atoms with Crippen molar-refractivity contribution in [3.63, 3.8) is 0 Å². The molecule has 1 aromatic carbocycles. The Balaban J connectivity index is 1.99. The quantitative estimate of drug-likeness (QED) is 0.307. The van der Waals surface area contributed by atoms with Crippen LogP contribution in [0.5, 0.6) is 5.88 Å². The van der Waals surface area contributed by atoms with Gasteiger partial charge in [-0.1, -0.05) is 0 Å². The van der Waals surface area contributed by atoms with Crippen LogP contribution in [0.25, 0.3) is 10.9 Å². The van der Waals surface area contributed by atoms with Crippen LogP contribution in [0.3, 0.4) is 0 Å². The first-order chi connectivity index (χ1) is 16.3.